The van der Waals surface area contributed by atoms with Gasteiger partial charge >= 0.3 is 6.18 Å². The fraction of sp³-hybridized carbons (Fsp3) is 0.500. The topological polar surface area (TPSA) is 43.1 Å². The number of carbonyl (C=O) groups is 1. The fourth-order valence-corrected chi connectivity index (χ4v) is 0.440. The quantitative estimate of drug-likeness (QED) is 0.638. The summed E-state index contributed by atoms with van der Waals surface area (Å²) < 4.78 is 35.0. The number of allylic oxidation sites excluding steroid dienone is 1. The van der Waals surface area contributed by atoms with E-state index < -0.39 is 17.5 Å². The van der Waals surface area contributed by atoms with Gasteiger partial charge in [0, 0.05) is 6.42 Å². The zero-order valence-corrected chi connectivity index (χ0v) is 5.74. The van der Waals surface area contributed by atoms with E-state index in [0.717, 1.165) is 0 Å². The molecule has 0 spiro atoms. The summed E-state index contributed by atoms with van der Waals surface area (Å²) in [5.41, 5.74) is 3.55. The molecule has 0 unspecified atom stereocenters. The van der Waals surface area contributed by atoms with E-state index in [-0.39, 0.29) is 13.0 Å². The van der Waals surface area contributed by atoms with Crippen LogP contribution in [-0.2, 0) is 4.79 Å². The van der Waals surface area contributed by atoms with Crippen LogP contribution in [0.5, 0.6) is 0 Å². The number of hydrogen-bond donors (Lipinski definition) is 1. The van der Waals surface area contributed by atoms with Gasteiger partial charge in [-0.3, -0.25) is 4.79 Å². The molecule has 0 atom stereocenters. The Balaban J connectivity index is 4.15. The van der Waals surface area contributed by atoms with Crippen molar-refractivity contribution in [3.63, 3.8) is 0 Å². The van der Waals surface area contributed by atoms with E-state index in [1.165, 1.54) is 0 Å². The van der Waals surface area contributed by atoms with E-state index in [1.807, 2.05) is 0 Å². The van der Waals surface area contributed by atoms with E-state index in [0.29, 0.717) is 0 Å². The fourth-order valence-electron chi connectivity index (χ4n) is 0.440. The van der Waals surface area contributed by atoms with Crippen LogP contribution in [0.2, 0.25) is 0 Å². The lowest BCUT2D eigenvalue weighted by molar-refractivity contribution is -0.128. The van der Waals surface area contributed by atoms with E-state index in [9.17, 15) is 18.0 Å². The standard InChI is InChI=1S/C6H8F3NO/c1-4(6(7,8)9)5(11)2-3-10/h1-3,10H2. The van der Waals surface area contributed by atoms with Gasteiger partial charge in [-0.1, -0.05) is 6.58 Å². The number of Topliss-reactive ketones (excluding diaryl/α,β-unsaturated/α-hetero) is 1. The molecule has 0 aliphatic heterocycles. The molecule has 11 heavy (non-hydrogen) atoms. The molecule has 0 saturated carbocycles. The van der Waals surface area contributed by atoms with E-state index >= 15 is 0 Å². The van der Waals surface area contributed by atoms with Crippen LogP contribution in [0.4, 0.5) is 13.2 Å². The second-order valence-electron chi connectivity index (χ2n) is 1.94. The maximum Gasteiger partial charge on any atom is 0.419 e. The number of carbonyl (C=O) groups excluding carboxylic acids is 1. The zero-order valence-electron chi connectivity index (χ0n) is 5.74. The van der Waals surface area contributed by atoms with Gasteiger partial charge in [0.15, 0.2) is 5.78 Å². The molecule has 5 heteroatoms. The second kappa shape index (κ2) is 3.52. The summed E-state index contributed by atoms with van der Waals surface area (Å²) in [6.45, 7) is 2.53. The number of alkyl halides is 3. The Hall–Kier alpha value is -0.840. The van der Waals surface area contributed by atoms with Gasteiger partial charge in [0.25, 0.3) is 0 Å². The first-order valence-electron chi connectivity index (χ1n) is 2.89. The molecule has 0 aromatic heterocycles. The van der Waals surface area contributed by atoms with Gasteiger partial charge in [-0.15, -0.1) is 0 Å². The average Bonchev–Trinajstić information content (AvgIpc) is 1.85. The molecule has 0 amide bonds. The molecular formula is C6H8F3NO. The number of halogens is 3. The number of ketones is 1. The van der Waals surface area contributed by atoms with Crippen molar-refractivity contribution in [1.29, 1.82) is 0 Å². The largest absolute Gasteiger partial charge is 0.419 e. The Kier molecular flexibility index (Phi) is 3.25. The summed E-state index contributed by atoms with van der Waals surface area (Å²) in [6, 6.07) is 0. The number of rotatable bonds is 3. The van der Waals surface area contributed by atoms with Crippen LogP contribution in [0.3, 0.4) is 0 Å². The van der Waals surface area contributed by atoms with Crippen molar-refractivity contribution < 1.29 is 18.0 Å². The van der Waals surface area contributed by atoms with Crippen molar-refractivity contribution in [2.24, 2.45) is 5.73 Å². The molecular weight excluding hydrogens is 159 g/mol. The first-order chi connectivity index (χ1) is 4.89. The maximum atomic E-state index is 11.7. The molecule has 0 aromatic rings. The molecule has 0 fully saturated rings. The van der Waals surface area contributed by atoms with Crippen molar-refractivity contribution in [1.82, 2.24) is 0 Å². The lowest BCUT2D eigenvalue weighted by Crippen LogP contribution is -2.21. The molecule has 0 radical (unpaired) electrons. The second-order valence-corrected chi connectivity index (χ2v) is 1.94. The smallest absolute Gasteiger partial charge is 0.330 e. The molecule has 0 heterocycles. The van der Waals surface area contributed by atoms with Crippen molar-refractivity contribution in [2.45, 2.75) is 12.6 Å². The normalized spacial score (nSPS) is 11.3. The third-order valence-corrected chi connectivity index (χ3v) is 1.05. The Morgan fingerprint density at radius 2 is 1.91 bits per heavy atom. The summed E-state index contributed by atoms with van der Waals surface area (Å²) in [7, 11) is 0. The lowest BCUT2D eigenvalue weighted by atomic mass is 10.1. The molecule has 0 aliphatic rings. The highest BCUT2D eigenvalue weighted by molar-refractivity contribution is 5.95. The summed E-state index contributed by atoms with van der Waals surface area (Å²) in [5, 5.41) is 0. The molecule has 64 valence electrons. The molecule has 0 aromatic carbocycles. The third kappa shape index (κ3) is 3.18. The summed E-state index contributed by atoms with van der Waals surface area (Å²) in [5.74, 6) is -1.04. The van der Waals surface area contributed by atoms with E-state index in [2.05, 4.69) is 6.58 Å². The van der Waals surface area contributed by atoms with E-state index in [4.69, 9.17) is 5.73 Å². The maximum absolute atomic E-state index is 11.7. The van der Waals surface area contributed by atoms with Gasteiger partial charge in [-0.25, -0.2) is 0 Å². The lowest BCUT2D eigenvalue weighted by Gasteiger charge is -2.06. The van der Waals surface area contributed by atoms with Gasteiger partial charge in [-0.2, -0.15) is 13.2 Å². The predicted molar refractivity (Wildman–Crippen MR) is 33.9 cm³/mol. The van der Waals surface area contributed by atoms with Crippen LogP contribution in [0.25, 0.3) is 0 Å². The SMILES string of the molecule is C=C(C(=O)CCN)C(F)(F)F. The van der Waals surface area contributed by atoms with Crippen molar-refractivity contribution >= 4 is 5.78 Å². The number of hydrogen-bond acceptors (Lipinski definition) is 2. The molecule has 0 rings (SSSR count). The predicted octanol–water partition coefficient (Wildman–Crippen LogP) is 1.02. The van der Waals surface area contributed by atoms with Gasteiger partial charge in [0.2, 0.25) is 0 Å². The zero-order chi connectivity index (χ0) is 9.07. The Morgan fingerprint density at radius 3 is 2.18 bits per heavy atom. The molecule has 0 saturated heterocycles. The van der Waals surface area contributed by atoms with Gasteiger partial charge in [-0.05, 0) is 6.54 Å². The van der Waals surface area contributed by atoms with Crippen LogP contribution in [0.1, 0.15) is 6.42 Å². The summed E-state index contributed by atoms with van der Waals surface area (Å²) in [6.07, 6.45) is -4.93. The summed E-state index contributed by atoms with van der Waals surface area (Å²) in [4.78, 5) is 10.5. The molecule has 0 bridgehead atoms. The Labute approximate surface area is 61.9 Å². The van der Waals surface area contributed by atoms with Crippen LogP contribution in [-0.4, -0.2) is 18.5 Å². The minimum Gasteiger partial charge on any atom is -0.330 e. The van der Waals surface area contributed by atoms with Crippen molar-refractivity contribution in [3.8, 4) is 0 Å². The first-order valence-corrected chi connectivity index (χ1v) is 2.89. The molecule has 2 nitrogen and oxygen atoms in total. The highest BCUT2D eigenvalue weighted by Gasteiger charge is 2.35. The van der Waals surface area contributed by atoms with Crippen molar-refractivity contribution in [2.75, 3.05) is 6.54 Å². The molecule has 0 aliphatic carbocycles. The van der Waals surface area contributed by atoms with Gasteiger partial charge in [0.05, 0.1) is 5.57 Å². The summed E-state index contributed by atoms with van der Waals surface area (Å²) >= 11 is 0. The van der Waals surface area contributed by atoms with Crippen LogP contribution >= 0.6 is 0 Å². The Morgan fingerprint density at radius 1 is 1.45 bits per heavy atom. The van der Waals surface area contributed by atoms with Crippen molar-refractivity contribution in [3.05, 3.63) is 12.2 Å². The highest BCUT2D eigenvalue weighted by atomic mass is 19.4. The molecule has 2 N–H and O–H groups in total. The van der Waals surface area contributed by atoms with Crippen LogP contribution in [0, 0.1) is 0 Å². The van der Waals surface area contributed by atoms with Crippen LogP contribution < -0.4 is 5.73 Å². The number of nitrogens with two attached hydrogens (primary N) is 1. The average molecular weight is 167 g/mol. The van der Waals surface area contributed by atoms with Gasteiger partial charge in [0.1, 0.15) is 0 Å². The first kappa shape index (κ1) is 10.2. The minimum atomic E-state index is -4.62. The van der Waals surface area contributed by atoms with Crippen LogP contribution in [0.15, 0.2) is 12.2 Å². The highest BCUT2D eigenvalue weighted by Crippen LogP contribution is 2.24. The Bertz CT molecular complexity index is 173. The third-order valence-electron chi connectivity index (χ3n) is 1.05. The van der Waals surface area contributed by atoms with E-state index in [1.54, 1.807) is 0 Å². The monoisotopic (exact) mass is 167 g/mol. The van der Waals surface area contributed by atoms with Gasteiger partial charge < -0.3 is 5.73 Å². The minimum absolute atomic E-state index is 0.0894.